The van der Waals surface area contributed by atoms with Crippen LogP contribution in [0, 0.1) is 6.92 Å². The van der Waals surface area contributed by atoms with Gasteiger partial charge in [-0.25, -0.2) is 0 Å². The van der Waals surface area contributed by atoms with Crippen molar-refractivity contribution >= 4 is 108 Å². The summed E-state index contributed by atoms with van der Waals surface area (Å²) in [6.07, 6.45) is 6.06. The Morgan fingerprint density at radius 3 is 1.43 bits per heavy atom. The average molecular weight is 732 g/mol. The molecule has 0 fully saturated rings. The van der Waals surface area contributed by atoms with Crippen molar-refractivity contribution in [3.8, 4) is 22.3 Å². The fraction of sp³-hybridized carbons (Fsp3) is 0.0204. The Kier molecular flexibility index (Phi) is 7.84. The highest BCUT2D eigenvalue weighted by atomic mass is 32.1. The summed E-state index contributed by atoms with van der Waals surface area (Å²) in [5, 5.41) is 6.55. The van der Waals surface area contributed by atoms with Crippen molar-refractivity contribution in [1.82, 2.24) is 0 Å². The van der Waals surface area contributed by atoms with Gasteiger partial charge in [0.1, 0.15) is 0 Å². The van der Waals surface area contributed by atoms with E-state index in [0.29, 0.717) is 0 Å². The summed E-state index contributed by atoms with van der Waals surface area (Å²) in [5.41, 5.74) is 9.48. The van der Waals surface area contributed by atoms with Gasteiger partial charge >= 0.3 is 0 Å². The first-order valence-electron chi connectivity index (χ1n) is 17.8. The number of nitrogens with zero attached hydrogens (tertiary/aromatic N) is 1. The maximum Gasteiger partial charge on any atom is 0.0468 e. The zero-order chi connectivity index (χ0) is 35.5. The molecule has 0 aliphatic rings. The van der Waals surface area contributed by atoms with E-state index < -0.39 is 0 Å². The molecule has 0 aliphatic carbocycles. The Morgan fingerprint density at radius 1 is 0.434 bits per heavy atom. The smallest absolute Gasteiger partial charge is 0.0468 e. The normalized spacial score (nSPS) is 11.9. The molecule has 0 unspecified atom stereocenters. The lowest BCUT2D eigenvalue weighted by Gasteiger charge is -2.26. The van der Waals surface area contributed by atoms with E-state index in [9.17, 15) is 0 Å². The monoisotopic (exact) mass is 731 g/mol. The summed E-state index contributed by atoms with van der Waals surface area (Å²) in [7, 11) is 0. The first kappa shape index (κ1) is 31.9. The van der Waals surface area contributed by atoms with Crippen molar-refractivity contribution in [3.05, 3.63) is 181 Å². The minimum atomic E-state index is 1.12. The fourth-order valence-corrected chi connectivity index (χ4v) is 10.8. The van der Waals surface area contributed by atoms with E-state index in [4.69, 9.17) is 0 Å². The lowest BCUT2D eigenvalue weighted by Crippen LogP contribution is -2.09. The highest BCUT2D eigenvalue weighted by molar-refractivity contribution is 7.26. The maximum absolute atomic E-state index is 3.91. The number of allylic oxidation sites excluding steroid dienone is 2. The molecule has 53 heavy (non-hydrogen) atoms. The predicted octanol–water partition coefficient (Wildman–Crippen LogP) is 15.9. The van der Waals surface area contributed by atoms with Gasteiger partial charge in [0.25, 0.3) is 0 Å². The molecule has 0 radical (unpaired) electrons. The third-order valence-electron chi connectivity index (χ3n) is 10.2. The highest BCUT2D eigenvalue weighted by Crippen LogP contribution is 2.42. The first-order valence-corrected chi connectivity index (χ1v) is 20.2. The van der Waals surface area contributed by atoms with Crippen LogP contribution in [-0.4, -0.2) is 0 Å². The van der Waals surface area contributed by atoms with Crippen LogP contribution in [0.2, 0.25) is 0 Å². The summed E-state index contributed by atoms with van der Waals surface area (Å²) in [6, 6.07) is 56.1. The lowest BCUT2D eigenvalue weighted by atomic mass is 10.0. The molecular weight excluding hydrogens is 699 g/mol. The Hall–Kier alpha value is -5.78. The highest BCUT2D eigenvalue weighted by Gasteiger charge is 2.17. The molecule has 3 heterocycles. The van der Waals surface area contributed by atoms with E-state index in [-0.39, 0.29) is 0 Å². The average Bonchev–Trinajstić information content (AvgIpc) is 3.87. The second-order valence-corrected chi connectivity index (χ2v) is 16.8. The first-order chi connectivity index (χ1) is 26.1. The fourth-order valence-electron chi connectivity index (χ4n) is 7.60. The quantitative estimate of drug-likeness (QED) is 0.148. The minimum absolute atomic E-state index is 1.12. The van der Waals surface area contributed by atoms with Gasteiger partial charge in [0.2, 0.25) is 0 Å². The Balaban J connectivity index is 1.06. The van der Waals surface area contributed by atoms with Gasteiger partial charge in [-0.1, -0.05) is 97.6 Å². The number of aryl methyl sites for hydroxylation is 1. The number of thiophene rings is 3. The third kappa shape index (κ3) is 5.58. The van der Waals surface area contributed by atoms with Crippen molar-refractivity contribution in [2.75, 3.05) is 4.90 Å². The van der Waals surface area contributed by atoms with E-state index in [0.717, 1.165) is 17.1 Å². The number of fused-ring (bicyclic) bond motifs is 7. The zero-order valence-electron chi connectivity index (χ0n) is 29.0. The van der Waals surface area contributed by atoms with E-state index in [1.54, 1.807) is 0 Å². The second kappa shape index (κ2) is 13.0. The lowest BCUT2D eigenvalue weighted by molar-refractivity contribution is 1.29. The predicted molar refractivity (Wildman–Crippen MR) is 237 cm³/mol. The number of rotatable bonds is 7. The van der Waals surface area contributed by atoms with Crippen LogP contribution in [0.3, 0.4) is 0 Å². The van der Waals surface area contributed by atoms with E-state index in [1.165, 1.54) is 83.1 Å². The molecule has 0 atom stereocenters. The number of hydrogen-bond acceptors (Lipinski definition) is 4. The van der Waals surface area contributed by atoms with Gasteiger partial charge in [-0.2, -0.15) is 0 Å². The van der Waals surface area contributed by atoms with E-state index >= 15 is 0 Å². The summed E-state index contributed by atoms with van der Waals surface area (Å²) in [6.45, 7) is 6.12. The summed E-state index contributed by atoms with van der Waals surface area (Å²) < 4.78 is 6.60. The molecule has 3 aromatic heterocycles. The van der Waals surface area contributed by atoms with Crippen LogP contribution in [0.1, 0.15) is 10.4 Å². The molecule has 0 aliphatic heterocycles. The molecule has 0 saturated heterocycles. The topological polar surface area (TPSA) is 3.24 Å². The molecule has 1 nitrogen and oxygen atoms in total. The van der Waals surface area contributed by atoms with Crippen LogP contribution < -0.4 is 4.90 Å². The van der Waals surface area contributed by atoms with Gasteiger partial charge in [-0.15, -0.1) is 34.0 Å². The third-order valence-corrected chi connectivity index (χ3v) is 13.6. The van der Waals surface area contributed by atoms with E-state index in [2.05, 4.69) is 176 Å². The maximum atomic E-state index is 3.91. The molecule has 0 amide bonds. The standard InChI is InChI=1S/C49H33NS3/c1-3-4-9-39-31(2)51-47-27-24-38(30-44(39)47)50(36-20-14-32(15-21-36)34-18-25-48-42(28-34)40-10-5-7-12-45(40)52-48)37-22-16-33(17-23-37)35-19-26-49-43(29-35)41-11-6-8-13-46(41)53-49/h3-30H,1H2,2H3/b9-4-. The number of anilines is 3. The van der Waals surface area contributed by atoms with Gasteiger partial charge in [-0.05, 0) is 114 Å². The molecule has 252 valence electrons. The molecule has 10 aromatic rings. The molecule has 0 saturated carbocycles. The molecule has 10 rings (SSSR count). The largest absolute Gasteiger partial charge is 0.310 e. The van der Waals surface area contributed by atoms with Crippen molar-refractivity contribution in [1.29, 1.82) is 0 Å². The number of benzene rings is 7. The van der Waals surface area contributed by atoms with Crippen LogP contribution in [0.4, 0.5) is 17.1 Å². The van der Waals surface area contributed by atoms with Gasteiger partial charge < -0.3 is 4.90 Å². The van der Waals surface area contributed by atoms with Crippen LogP contribution in [0.5, 0.6) is 0 Å². The van der Waals surface area contributed by atoms with Crippen LogP contribution >= 0.6 is 34.0 Å². The van der Waals surface area contributed by atoms with E-state index in [1.807, 2.05) is 46.2 Å². The van der Waals surface area contributed by atoms with Crippen LogP contribution in [-0.2, 0) is 0 Å². The number of hydrogen-bond donors (Lipinski definition) is 0. The Morgan fingerprint density at radius 2 is 0.887 bits per heavy atom. The second-order valence-electron chi connectivity index (χ2n) is 13.4. The molecule has 0 bridgehead atoms. The minimum Gasteiger partial charge on any atom is -0.310 e. The van der Waals surface area contributed by atoms with Crippen molar-refractivity contribution in [2.45, 2.75) is 6.92 Å². The zero-order valence-corrected chi connectivity index (χ0v) is 31.5. The molecule has 0 spiro atoms. The van der Waals surface area contributed by atoms with Crippen LogP contribution in [0.15, 0.2) is 170 Å². The van der Waals surface area contributed by atoms with Crippen molar-refractivity contribution in [3.63, 3.8) is 0 Å². The van der Waals surface area contributed by atoms with Gasteiger partial charge in [0, 0.05) is 72.4 Å². The summed E-state index contributed by atoms with van der Waals surface area (Å²) in [4.78, 5) is 3.69. The Labute approximate surface area is 320 Å². The van der Waals surface area contributed by atoms with Crippen molar-refractivity contribution in [2.24, 2.45) is 0 Å². The molecule has 0 N–H and O–H groups in total. The van der Waals surface area contributed by atoms with Gasteiger partial charge in [0.05, 0.1) is 0 Å². The summed E-state index contributed by atoms with van der Waals surface area (Å²) in [5.74, 6) is 0. The molecule has 4 heteroatoms. The van der Waals surface area contributed by atoms with Gasteiger partial charge in [0.15, 0.2) is 0 Å². The molecular formula is C49H33NS3. The SMILES string of the molecule is C=C/C=C\c1c(C)sc2ccc(N(c3ccc(-c4ccc5sc6ccccc6c5c4)cc3)c3ccc(-c4ccc5sc6ccccc6c5c4)cc3)cc12. The van der Waals surface area contributed by atoms with Crippen LogP contribution in [0.25, 0.3) is 78.8 Å². The summed E-state index contributed by atoms with van der Waals surface area (Å²) >= 11 is 5.56. The van der Waals surface area contributed by atoms with Gasteiger partial charge in [-0.3, -0.25) is 0 Å². The Bertz CT molecular complexity index is 2870. The molecule has 7 aromatic carbocycles. The van der Waals surface area contributed by atoms with Crippen molar-refractivity contribution < 1.29 is 0 Å².